The lowest BCUT2D eigenvalue weighted by Crippen LogP contribution is -2.54. The standard InChI is InChI=1S/C17H24N2O4/c1-2-19(12-17(21)22)14-10-13(11-14)18-16(20)8-9-23-15-6-4-3-5-7-15/h3-7,13-14H,2,8-12H2,1H3,(H,18,20)(H,21,22). The Morgan fingerprint density at radius 1 is 1.30 bits per heavy atom. The van der Waals surface area contributed by atoms with E-state index < -0.39 is 5.97 Å². The van der Waals surface area contributed by atoms with E-state index in [1.54, 1.807) is 0 Å². The number of carboxylic acid groups (broad SMARTS) is 1. The molecule has 1 aromatic rings. The van der Waals surface area contributed by atoms with E-state index in [0.717, 1.165) is 18.6 Å². The Hall–Kier alpha value is -2.08. The summed E-state index contributed by atoms with van der Waals surface area (Å²) >= 11 is 0. The third kappa shape index (κ3) is 5.56. The highest BCUT2D eigenvalue weighted by Crippen LogP contribution is 2.25. The quantitative estimate of drug-likeness (QED) is 0.721. The molecule has 1 aliphatic carbocycles. The maximum absolute atomic E-state index is 11.9. The van der Waals surface area contributed by atoms with Gasteiger partial charge in [0.2, 0.25) is 5.91 Å². The highest BCUT2D eigenvalue weighted by molar-refractivity contribution is 5.76. The maximum Gasteiger partial charge on any atom is 0.317 e. The Kier molecular flexibility index (Phi) is 6.40. The van der Waals surface area contributed by atoms with E-state index in [1.807, 2.05) is 42.2 Å². The highest BCUT2D eigenvalue weighted by atomic mass is 16.5. The third-order valence-corrected chi connectivity index (χ3v) is 4.08. The molecule has 0 saturated heterocycles. The van der Waals surface area contributed by atoms with Gasteiger partial charge in [0.05, 0.1) is 19.6 Å². The second-order valence-electron chi connectivity index (χ2n) is 5.76. The van der Waals surface area contributed by atoms with Crippen molar-refractivity contribution in [1.82, 2.24) is 10.2 Å². The number of ether oxygens (including phenoxy) is 1. The van der Waals surface area contributed by atoms with Gasteiger partial charge in [-0.15, -0.1) is 0 Å². The zero-order valence-electron chi connectivity index (χ0n) is 13.4. The smallest absolute Gasteiger partial charge is 0.317 e. The molecule has 0 atom stereocenters. The third-order valence-electron chi connectivity index (χ3n) is 4.08. The molecule has 1 fully saturated rings. The molecule has 0 bridgehead atoms. The van der Waals surface area contributed by atoms with Gasteiger partial charge in [-0.25, -0.2) is 0 Å². The molecule has 0 aliphatic heterocycles. The summed E-state index contributed by atoms with van der Waals surface area (Å²) in [6, 6.07) is 9.80. The van der Waals surface area contributed by atoms with Gasteiger partial charge in [-0.3, -0.25) is 14.5 Å². The van der Waals surface area contributed by atoms with Gasteiger partial charge in [0, 0.05) is 12.1 Å². The van der Waals surface area contributed by atoms with E-state index >= 15 is 0 Å². The second kappa shape index (κ2) is 8.53. The molecule has 6 heteroatoms. The monoisotopic (exact) mass is 320 g/mol. The molecule has 0 radical (unpaired) electrons. The zero-order valence-corrected chi connectivity index (χ0v) is 13.4. The van der Waals surface area contributed by atoms with Gasteiger partial charge in [0.15, 0.2) is 0 Å². The summed E-state index contributed by atoms with van der Waals surface area (Å²) < 4.78 is 5.50. The van der Waals surface area contributed by atoms with Crippen LogP contribution in [-0.2, 0) is 9.59 Å². The molecule has 23 heavy (non-hydrogen) atoms. The number of amides is 1. The predicted molar refractivity (Wildman–Crippen MR) is 86.4 cm³/mol. The molecule has 6 nitrogen and oxygen atoms in total. The fraction of sp³-hybridized carbons (Fsp3) is 0.529. The lowest BCUT2D eigenvalue weighted by atomic mass is 9.85. The maximum atomic E-state index is 11.9. The molecule has 0 spiro atoms. The number of hydrogen-bond acceptors (Lipinski definition) is 4. The zero-order chi connectivity index (χ0) is 16.7. The van der Waals surface area contributed by atoms with Crippen molar-refractivity contribution in [3.63, 3.8) is 0 Å². The second-order valence-corrected chi connectivity index (χ2v) is 5.76. The van der Waals surface area contributed by atoms with E-state index in [2.05, 4.69) is 5.32 Å². The van der Waals surface area contributed by atoms with Crippen LogP contribution in [0.1, 0.15) is 26.2 Å². The Morgan fingerprint density at radius 3 is 2.61 bits per heavy atom. The van der Waals surface area contributed by atoms with Gasteiger partial charge < -0.3 is 15.2 Å². The van der Waals surface area contributed by atoms with Crippen LogP contribution in [0.25, 0.3) is 0 Å². The average molecular weight is 320 g/mol. The number of nitrogens with zero attached hydrogens (tertiary/aromatic N) is 1. The van der Waals surface area contributed by atoms with Crippen LogP contribution in [0.5, 0.6) is 5.75 Å². The SMILES string of the molecule is CCN(CC(=O)O)C1CC(NC(=O)CCOc2ccccc2)C1. The van der Waals surface area contributed by atoms with E-state index in [1.165, 1.54) is 0 Å². The van der Waals surface area contributed by atoms with Gasteiger partial charge in [-0.05, 0) is 31.5 Å². The van der Waals surface area contributed by atoms with Crippen molar-refractivity contribution < 1.29 is 19.4 Å². The number of para-hydroxylation sites is 1. The Labute approximate surface area is 136 Å². The molecular weight excluding hydrogens is 296 g/mol. The number of aliphatic carboxylic acids is 1. The van der Waals surface area contributed by atoms with E-state index in [-0.39, 0.29) is 24.5 Å². The van der Waals surface area contributed by atoms with Crippen molar-refractivity contribution in [2.24, 2.45) is 0 Å². The summed E-state index contributed by atoms with van der Waals surface area (Å²) in [4.78, 5) is 24.6. The Balaban J connectivity index is 1.61. The molecule has 0 heterocycles. The minimum absolute atomic E-state index is 0.0225. The van der Waals surface area contributed by atoms with Crippen LogP contribution in [-0.4, -0.2) is 53.7 Å². The number of carbonyl (C=O) groups excluding carboxylic acids is 1. The summed E-state index contributed by atoms with van der Waals surface area (Å²) in [5, 5.41) is 11.8. The Morgan fingerprint density at radius 2 is 2.00 bits per heavy atom. The summed E-state index contributed by atoms with van der Waals surface area (Å²) in [6.07, 6.45) is 1.95. The lowest BCUT2D eigenvalue weighted by molar-refractivity contribution is -0.139. The number of likely N-dealkylation sites (N-methyl/N-ethyl adjacent to an activating group) is 1. The van der Waals surface area contributed by atoms with Crippen LogP contribution in [0.2, 0.25) is 0 Å². The van der Waals surface area contributed by atoms with Crippen molar-refractivity contribution in [1.29, 1.82) is 0 Å². The Bertz CT molecular complexity index is 515. The molecule has 0 unspecified atom stereocenters. The minimum atomic E-state index is -0.808. The summed E-state index contributed by atoms with van der Waals surface area (Å²) in [5.41, 5.74) is 0. The van der Waals surface area contributed by atoms with Crippen LogP contribution in [0.15, 0.2) is 30.3 Å². The fourth-order valence-corrected chi connectivity index (χ4v) is 2.75. The molecule has 1 saturated carbocycles. The fourth-order valence-electron chi connectivity index (χ4n) is 2.75. The first-order valence-corrected chi connectivity index (χ1v) is 8.01. The number of nitrogens with one attached hydrogen (secondary N) is 1. The van der Waals surface area contributed by atoms with Crippen molar-refractivity contribution >= 4 is 11.9 Å². The van der Waals surface area contributed by atoms with Crippen molar-refractivity contribution in [3.05, 3.63) is 30.3 Å². The topological polar surface area (TPSA) is 78.9 Å². The summed E-state index contributed by atoms with van der Waals surface area (Å²) in [7, 11) is 0. The number of hydrogen-bond donors (Lipinski definition) is 2. The number of benzene rings is 1. The normalized spacial score (nSPS) is 19.9. The molecule has 0 aromatic heterocycles. The van der Waals surface area contributed by atoms with E-state index in [9.17, 15) is 9.59 Å². The summed E-state index contributed by atoms with van der Waals surface area (Å²) in [6.45, 7) is 3.08. The van der Waals surface area contributed by atoms with Crippen molar-refractivity contribution in [3.8, 4) is 5.75 Å². The van der Waals surface area contributed by atoms with Gasteiger partial charge in [-0.2, -0.15) is 0 Å². The number of carboxylic acids is 1. The first-order chi connectivity index (χ1) is 11.1. The van der Waals surface area contributed by atoms with Crippen LogP contribution < -0.4 is 10.1 Å². The number of rotatable bonds is 9. The van der Waals surface area contributed by atoms with Crippen LogP contribution in [0.4, 0.5) is 0 Å². The molecule has 1 aromatic carbocycles. The predicted octanol–water partition coefficient (Wildman–Crippen LogP) is 1.51. The first-order valence-electron chi connectivity index (χ1n) is 8.01. The molecule has 2 rings (SSSR count). The van der Waals surface area contributed by atoms with E-state index in [4.69, 9.17) is 9.84 Å². The molecule has 1 amide bonds. The van der Waals surface area contributed by atoms with Gasteiger partial charge >= 0.3 is 5.97 Å². The number of carbonyl (C=O) groups is 2. The largest absolute Gasteiger partial charge is 0.493 e. The van der Waals surface area contributed by atoms with Crippen LogP contribution >= 0.6 is 0 Å². The van der Waals surface area contributed by atoms with Gasteiger partial charge in [0.25, 0.3) is 0 Å². The minimum Gasteiger partial charge on any atom is -0.493 e. The van der Waals surface area contributed by atoms with Crippen molar-refractivity contribution in [2.45, 2.75) is 38.3 Å². The highest BCUT2D eigenvalue weighted by Gasteiger charge is 2.34. The molecular formula is C17H24N2O4. The van der Waals surface area contributed by atoms with Gasteiger partial charge in [0.1, 0.15) is 5.75 Å². The average Bonchev–Trinajstić information content (AvgIpc) is 2.49. The van der Waals surface area contributed by atoms with Crippen molar-refractivity contribution in [2.75, 3.05) is 19.7 Å². The van der Waals surface area contributed by atoms with Crippen LogP contribution in [0, 0.1) is 0 Å². The van der Waals surface area contributed by atoms with Gasteiger partial charge in [-0.1, -0.05) is 25.1 Å². The summed E-state index contributed by atoms with van der Waals surface area (Å²) in [5.74, 6) is -0.0701. The molecule has 1 aliphatic rings. The molecule has 126 valence electrons. The van der Waals surface area contributed by atoms with E-state index in [0.29, 0.717) is 19.6 Å². The lowest BCUT2D eigenvalue weighted by Gasteiger charge is -2.42. The van der Waals surface area contributed by atoms with Crippen LogP contribution in [0.3, 0.4) is 0 Å². The first kappa shape index (κ1) is 17.3. The molecule has 2 N–H and O–H groups in total.